The van der Waals surface area contributed by atoms with Crippen molar-refractivity contribution < 1.29 is 13.5 Å². The average Bonchev–Trinajstić information content (AvgIpc) is 2.28. The Balaban J connectivity index is 2.89. The number of nitrogen functional groups attached to an aromatic ring is 1. The molecule has 0 aromatic carbocycles. The minimum absolute atomic E-state index is 0.0641. The number of aromatic nitrogens is 1. The fourth-order valence-corrected chi connectivity index (χ4v) is 2.85. The molecule has 1 unspecified atom stereocenters. The van der Waals surface area contributed by atoms with E-state index in [1.54, 1.807) is 0 Å². The molecule has 0 saturated carbocycles. The standard InChI is InChI=1S/C11H19N3O3S/c1-8(2)10(5-6-15)14-18(16,17)9-3-4-11(12)13-7-9/h3-4,7-8,10,14-15H,5-6H2,1-2H3,(H2,12,13). The summed E-state index contributed by atoms with van der Waals surface area (Å²) < 4.78 is 26.7. The SMILES string of the molecule is CC(C)C(CCO)NS(=O)(=O)c1ccc(N)nc1. The van der Waals surface area contributed by atoms with Gasteiger partial charge in [-0.15, -0.1) is 0 Å². The maximum Gasteiger partial charge on any atom is 0.242 e. The molecule has 1 heterocycles. The van der Waals surface area contributed by atoms with Crippen molar-refractivity contribution in [1.82, 2.24) is 9.71 Å². The topological polar surface area (TPSA) is 105 Å². The van der Waals surface area contributed by atoms with E-state index in [1.807, 2.05) is 13.8 Å². The number of aliphatic hydroxyl groups excluding tert-OH is 1. The van der Waals surface area contributed by atoms with E-state index in [-0.39, 0.29) is 29.3 Å². The van der Waals surface area contributed by atoms with Crippen LogP contribution in [-0.2, 0) is 10.0 Å². The van der Waals surface area contributed by atoms with Crippen molar-refractivity contribution in [3.8, 4) is 0 Å². The van der Waals surface area contributed by atoms with Crippen molar-refractivity contribution in [2.24, 2.45) is 5.92 Å². The lowest BCUT2D eigenvalue weighted by molar-refractivity contribution is 0.256. The van der Waals surface area contributed by atoms with Crippen molar-refractivity contribution in [2.75, 3.05) is 12.3 Å². The molecule has 0 spiro atoms. The number of nitrogens with one attached hydrogen (secondary N) is 1. The van der Waals surface area contributed by atoms with E-state index in [1.165, 1.54) is 18.3 Å². The van der Waals surface area contributed by atoms with Gasteiger partial charge in [0.25, 0.3) is 0 Å². The first-order valence-electron chi connectivity index (χ1n) is 5.71. The number of aliphatic hydroxyl groups is 1. The fourth-order valence-electron chi connectivity index (χ4n) is 1.49. The van der Waals surface area contributed by atoms with Crippen molar-refractivity contribution in [1.29, 1.82) is 0 Å². The van der Waals surface area contributed by atoms with Gasteiger partial charge in [0, 0.05) is 18.8 Å². The third-order valence-corrected chi connectivity index (χ3v) is 4.10. The Kier molecular flexibility index (Phi) is 5.06. The molecule has 1 atom stereocenters. The molecule has 0 fully saturated rings. The molecule has 0 aliphatic rings. The minimum atomic E-state index is -3.62. The second kappa shape index (κ2) is 6.12. The second-order valence-electron chi connectivity index (χ2n) is 4.40. The van der Waals surface area contributed by atoms with Gasteiger partial charge in [-0.2, -0.15) is 0 Å². The lowest BCUT2D eigenvalue weighted by atomic mass is 10.0. The molecule has 0 saturated heterocycles. The van der Waals surface area contributed by atoms with Gasteiger partial charge < -0.3 is 10.8 Å². The number of nitrogens with two attached hydrogens (primary N) is 1. The zero-order valence-corrected chi connectivity index (χ0v) is 11.3. The highest BCUT2D eigenvalue weighted by Crippen LogP contribution is 2.13. The third-order valence-electron chi connectivity index (χ3n) is 2.62. The monoisotopic (exact) mass is 273 g/mol. The van der Waals surface area contributed by atoms with Gasteiger partial charge in [0.2, 0.25) is 10.0 Å². The van der Waals surface area contributed by atoms with Gasteiger partial charge in [-0.05, 0) is 24.5 Å². The van der Waals surface area contributed by atoms with Crippen molar-refractivity contribution in [3.05, 3.63) is 18.3 Å². The van der Waals surface area contributed by atoms with Crippen LogP contribution in [0.2, 0.25) is 0 Å². The highest BCUT2D eigenvalue weighted by molar-refractivity contribution is 7.89. The smallest absolute Gasteiger partial charge is 0.242 e. The Hall–Kier alpha value is -1.18. The summed E-state index contributed by atoms with van der Waals surface area (Å²) in [6, 6.07) is 2.53. The zero-order chi connectivity index (χ0) is 13.8. The number of hydrogen-bond acceptors (Lipinski definition) is 5. The highest BCUT2D eigenvalue weighted by Gasteiger charge is 2.22. The van der Waals surface area contributed by atoms with Crippen LogP contribution in [0.3, 0.4) is 0 Å². The summed E-state index contributed by atoms with van der Waals surface area (Å²) in [5.41, 5.74) is 5.41. The van der Waals surface area contributed by atoms with Crippen LogP contribution in [0.4, 0.5) is 5.82 Å². The number of sulfonamides is 1. The summed E-state index contributed by atoms with van der Waals surface area (Å²) in [5, 5.41) is 8.93. The minimum Gasteiger partial charge on any atom is -0.396 e. The lowest BCUT2D eigenvalue weighted by Crippen LogP contribution is -2.39. The average molecular weight is 273 g/mol. The third kappa shape index (κ3) is 3.94. The molecule has 0 aliphatic carbocycles. The van der Waals surface area contributed by atoms with Crippen LogP contribution in [0.15, 0.2) is 23.2 Å². The zero-order valence-electron chi connectivity index (χ0n) is 10.5. The summed E-state index contributed by atoms with van der Waals surface area (Å²) in [5.74, 6) is 0.360. The Morgan fingerprint density at radius 3 is 2.56 bits per heavy atom. The number of nitrogens with zero attached hydrogens (tertiary/aromatic N) is 1. The van der Waals surface area contributed by atoms with Crippen LogP contribution in [0.5, 0.6) is 0 Å². The molecule has 1 aromatic rings. The normalized spacial score (nSPS) is 13.8. The predicted molar refractivity (Wildman–Crippen MR) is 69.3 cm³/mol. The van der Waals surface area contributed by atoms with E-state index >= 15 is 0 Å². The number of anilines is 1. The predicted octanol–water partition coefficient (Wildman–Crippen LogP) is 0.349. The van der Waals surface area contributed by atoms with E-state index in [2.05, 4.69) is 9.71 Å². The van der Waals surface area contributed by atoms with Crippen molar-refractivity contribution >= 4 is 15.8 Å². The Morgan fingerprint density at radius 2 is 2.11 bits per heavy atom. The Labute approximate surface area is 107 Å². The van der Waals surface area contributed by atoms with Gasteiger partial charge >= 0.3 is 0 Å². The summed E-state index contributed by atoms with van der Waals surface area (Å²) in [4.78, 5) is 3.82. The molecular formula is C11H19N3O3S. The summed E-state index contributed by atoms with van der Waals surface area (Å²) in [6.45, 7) is 3.72. The molecule has 18 heavy (non-hydrogen) atoms. The number of hydrogen-bond donors (Lipinski definition) is 3. The Bertz CT molecular complexity index is 471. The maximum atomic E-state index is 12.1. The molecule has 1 aromatic heterocycles. The van der Waals surface area contributed by atoms with Gasteiger partial charge in [-0.1, -0.05) is 13.8 Å². The quantitative estimate of drug-likeness (QED) is 0.693. The van der Waals surface area contributed by atoms with Crippen LogP contribution >= 0.6 is 0 Å². The van der Waals surface area contributed by atoms with Crippen LogP contribution in [0.25, 0.3) is 0 Å². The first-order chi connectivity index (χ1) is 8.36. The summed E-state index contributed by atoms with van der Waals surface area (Å²) in [6.07, 6.45) is 1.59. The van der Waals surface area contributed by atoms with Gasteiger partial charge in [0.15, 0.2) is 0 Å². The van der Waals surface area contributed by atoms with E-state index in [9.17, 15) is 8.42 Å². The largest absolute Gasteiger partial charge is 0.396 e. The van der Waals surface area contributed by atoms with Crippen LogP contribution in [0, 0.1) is 5.92 Å². The first-order valence-corrected chi connectivity index (χ1v) is 7.20. The molecule has 102 valence electrons. The summed E-state index contributed by atoms with van der Waals surface area (Å²) in [7, 11) is -3.62. The molecule has 0 bridgehead atoms. The van der Waals surface area contributed by atoms with Crippen LogP contribution in [0.1, 0.15) is 20.3 Å². The molecule has 0 amide bonds. The van der Waals surface area contributed by atoms with E-state index in [0.29, 0.717) is 6.42 Å². The van der Waals surface area contributed by atoms with Gasteiger partial charge in [0.1, 0.15) is 10.7 Å². The van der Waals surface area contributed by atoms with Gasteiger partial charge in [-0.3, -0.25) is 0 Å². The number of rotatable bonds is 6. The van der Waals surface area contributed by atoms with Crippen LogP contribution < -0.4 is 10.5 Å². The summed E-state index contributed by atoms with van der Waals surface area (Å²) >= 11 is 0. The maximum absolute atomic E-state index is 12.1. The fraction of sp³-hybridized carbons (Fsp3) is 0.545. The molecule has 1 rings (SSSR count). The molecule has 7 heteroatoms. The van der Waals surface area contributed by atoms with Crippen molar-refractivity contribution in [3.63, 3.8) is 0 Å². The van der Waals surface area contributed by atoms with Crippen molar-refractivity contribution in [2.45, 2.75) is 31.2 Å². The van der Waals surface area contributed by atoms with E-state index in [4.69, 9.17) is 10.8 Å². The van der Waals surface area contributed by atoms with Crippen LogP contribution in [-0.4, -0.2) is 31.2 Å². The molecule has 4 N–H and O–H groups in total. The molecular weight excluding hydrogens is 254 g/mol. The lowest BCUT2D eigenvalue weighted by Gasteiger charge is -2.21. The first kappa shape index (κ1) is 14.9. The Morgan fingerprint density at radius 1 is 1.44 bits per heavy atom. The highest BCUT2D eigenvalue weighted by atomic mass is 32.2. The van der Waals surface area contributed by atoms with Gasteiger partial charge in [-0.25, -0.2) is 18.1 Å². The number of pyridine rings is 1. The second-order valence-corrected chi connectivity index (χ2v) is 6.12. The molecule has 0 aliphatic heterocycles. The van der Waals surface area contributed by atoms with Gasteiger partial charge in [0.05, 0.1) is 0 Å². The van der Waals surface area contributed by atoms with E-state index < -0.39 is 10.0 Å². The van der Waals surface area contributed by atoms with E-state index in [0.717, 1.165) is 0 Å². The molecule has 6 nitrogen and oxygen atoms in total. The molecule has 0 radical (unpaired) electrons.